The van der Waals surface area contributed by atoms with E-state index in [1.807, 2.05) is 36.1 Å². The van der Waals surface area contributed by atoms with E-state index < -0.39 is 0 Å². The number of benzene rings is 1. The molecule has 1 unspecified atom stereocenters. The Morgan fingerprint density at radius 2 is 1.90 bits per heavy atom. The maximum atomic E-state index is 12.7. The fourth-order valence-corrected chi connectivity index (χ4v) is 4.39. The Morgan fingerprint density at radius 3 is 2.52 bits per heavy atom. The summed E-state index contributed by atoms with van der Waals surface area (Å²) < 4.78 is 0. The van der Waals surface area contributed by atoms with E-state index in [0.717, 1.165) is 45.0 Å². The fraction of sp³-hybridized carbons (Fsp3) is 0.455. The zero-order chi connectivity index (χ0) is 20.6. The van der Waals surface area contributed by atoms with E-state index in [-0.39, 0.29) is 11.8 Å². The summed E-state index contributed by atoms with van der Waals surface area (Å²) in [5.41, 5.74) is 2.01. The Balaban J connectivity index is 1.40. The number of anilines is 1. The molecule has 156 valence electrons. The van der Waals surface area contributed by atoms with Gasteiger partial charge in [-0.3, -0.25) is 9.59 Å². The van der Waals surface area contributed by atoms with Crippen molar-refractivity contribution in [1.82, 2.24) is 4.90 Å². The molecule has 3 rings (SSSR count). The van der Waals surface area contributed by atoms with Crippen molar-refractivity contribution in [3.05, 3.63) is 52.2 Å². The van der Waals surface area contributed by atoms with Crippen LogP contribution in [0.5, 0.6) is 0 Å². The Morgan fingerprint density at radius 1 is 1.17 bits per heavy atom. The Bertz CT molecular complexity index is 784. The second-order valence-electron chi connectivity index (χ2n) is 7.76. The van der Waals surface area contributed by atoms with Crippen molar-refractivity contribution >= 4 is 28.8 Å². The van der Waals surface area contributed by atoms with E-state index in [4.69, 9.17) is 0 Å². The van der Waals surface area contributed by atoms with Crippen molar-refractivity contribution < 1.29 is 19.4 Å². The summed E-state index contributed by atoms with van der Waals surface area (Å²) in [6.45, 7) is 10.1. The van der Waals surface area contributed by atoms with Crippen LogP contribution in [0.3, 0.4) is 0 Å². The molecule has 0 saturated carbocycles. The topological polar surface area (TPSA) is 58.3 Å². The lowest BCUT2D eigenvalue weighted by molar-refractivity contribution is -0.905. The van der Waals surface area contributed by atoms with Crippen LogP contribution in [0.15, 0.2) is 41.8 Å². The first-order valence-electron chi connectivity index (χ1n) is 10.4. The third kappa shape index (κ3) is 6.66. The van der Waals surface area contributed by atoms with Gasteiger partial charge in [0, 0.05) is 5.69 Å². The Labute approximate surface area is 177 Å². The van der Waals surface area contributed by atoms with Crippen LogP contribution in [0.4, 0.5) is 5.69 Å². The number of nitrogens with one attached hydrogen (secondary N) is 3. The molecule has 1 aromatic heterocycles. The summed E-state index contributed by atoms with van der Waals surface area (Å²) in [6, 6.07) is 12.0. The fourth-order valence-electron chi connectivity index (χ4n) is 3.62. The lowest BCUT2D eigenvalue weighted by atomic mass is 10.2. The molecule has 1 saturated heterocycles. The van der Waals surface area contributed by atoms with Crippen LogP contribution in [0.1, 0.15) is 17.4 Å². The van der Waals surface area contributed by atoms with Gasteiger partial charge in [-0.15, -0.1) is 11.3 Å². The molecule has 29 heavy (non-hydrogen) atoms. The van der Waals surface area contributed by atoms with E-state index in [9.17, 15) is 9.59 Å². The van der Waals surface area contributed by atoms with Crippen LogP contribution in [-0.4, -0.2) is 62.5 Å². The van der Waals surface area contributed by atoms with Gasteiger partial charge in [0.05, 0.1) is 37.6 Å². The van der Waals surface area contributed by atoms with E-state index >= 15 is 0 Å². The SMILES string of the molecule is CC[NH+](CC(=O)N1CC[NH+](CC(=O)Nc2ccc(C)cc2)CC1)Cc1cccs1. The number of piperazine rings is 1. The van der Waals surface area contributed by atoms with Gasteiger partial charge in [-0.2, -0.15) is 0 Å². The van der Waals surface area contributed by atoms with Crippen LogP contribution in [-0.2, 0) is 16.1 Å². The van der Waals surface area contributed by atoms with Gasteiger partial charge in [0.1, 0.15) is 6.54 Å². The van der Waals surface area contributed by atoms with Crippen molar-refractivity contribution in [3.63, 3.8) is 0 Å². The number of rotatable bonds is 8. The number of aryl methyl sites for hydroxylation is 1. The minimum absolute atomic E-state index is 0.0289. The van der Waals surface area contributed by atoms with Crippen LogP contribution >= 0.6 is 11.3 Å². The van der Waals surface area contributed by atoms with Gasteiger partial charge in [0.25, 0.3) is 11.8 Å². The van der Waals surface area contributed by atoms with E-state index in [2.05, 4.69) is 29.8 Å². The molecule has 0 spiro atoms. The molecule has 7 heteroatoms. The maximum absolute atomic E-state index is 12.7. The normalized spacial score (nSPS) is 15.9. The van der Waals surface area contributed by atoms with Gasteiger partial charge >= 0.3 is 0 Å². The second-order valence-corrected chi connectivity index (χ2v) is 8.79. The number of quaternary nitrogens is 2. The number of likely N-dealkylation sites (N-methyl/N-ethyl adjacent to an activating group) is 1. The van der Waals surface area contributed by atoms with Gasteiger partial charge < -0.3 is 20.0 Å². The lowest BCUT2D eigenvalue weighted by Gasteiger charge is -2.32. The van der Waals surface area contributed by atoms with Gasteiger partial charge in [0.15, 0.2) is 13.1 Å². The molecule has 3 N–H and O–H groups in total. The zero-order valence-corrected chi connectivity index (χ0v) is 18.2. The largest absolute Gasteiger partial charge is 0.327 e. The molecule has 2 heterocycles. The summed E-state index contributed by atoms with van der Waals surface area (Å²) in [5, 5.41) is 5.05. The predicted molar refractivity (Wildman–Crippen MR) is 116 cm³/mol. The molecular formula is C22H32N4O2S+2. The van der Waals surface area contributed by atoms with Crippen LogP contribution in [0, 0.1) is 6.92 Å². The molecule has 0 bridgehead atoms. The molecule has 1 fully saturated rings. The Kier molecular flexibility index (Phi) is 7.80. The van der Waals surface area contributed by atoms with Crippen LogP contribution in [0.25, 0.3) is 0 Å². The molecule has 2 amide bonds. The molecule has 1 aliphatic rings. The highest BCUT2D eigenvalue weighted by atomic mass is 32.1. The highest BCUT2D eigenvalue weighted by Crippen LogP contribution is 2.08. The maximum Gasteiger partial charge on any atom is 0.279 e. The number of nitrogens with zero attached hydrogens (tertiary/aromatic N) is 1. The molecule has 6 nitrogen and oxygen atoms in total. The minimum atomic E-state index is 0.0289. The molecule has 2 aromatic rings. The summed E-state index contributed by atoms with van der Waals surface area (Å²) in [7, 11) is 0. The second kappa shape index (κ2) is 10.5. The summed E-state index contributed by atoms with van der Waals surface area (Å²) in [4.78, 5) is 30.8. The molecule has 1 aliphatic heterocycles. The molecular weight excluding hydrogens is 384 g/mol. The minimum Gasteiger partial charge on any atom is -0.327 e. The van der Waals surface area contributed by atoms with Gasteiger partial charge in [-0.05, 0) is 37.4 Å². The third-order valence-corrected chi connectivity index (χ3v) is 6.35. The molecule has 1 aromatic carbocycles. The number of thiophene rings is 1. The smallest absolute Gasteiger partial charge is 0.279 e. The summed E-state index contributed by atoms with van der Waals surface area (Å²) in [5.74, 6) is 0.253. The molecule has 0 aliphatic carbocycles. The first-order chi connectivity index (χ1) is 14.0. The van der Waals surface area contributed by atoms with Gasteiger partial charge in [-0.25, -0.2) is 0 Å². The van der Waals surface area contributed by atoms with Crippen LogP contribution in [0.2, 0.25) is 0 Å². The molecule has 0 radical (unpaired) electrons. The highest BCUT2D eigenvalue weighted by molar-refractivity contribution is 7.09. The standard InChI is InChI=1S/C22H30N4O2S/c1-3-24(15-20-5-4-14-29-20)17-22(28)26-12-10-25(11-13-26)16-21(27)23-19-8-6-18(2)7-9-19/h4-9,14H,3,10-13,15-17H2,1-2H3,(H,23,27)/p+2. The number of hydrogen-bond donors (Lipinski definition) is 3. The third-order valence-electron chi connectivity index (χ3n) is 5.47. The summed E-state index contributed by atoms with van der Waals surface area (Å²) >= 11 is 1.75. The lowest BCUT2D eigenvalue weighted by Crippen LogP contribution is -3.16. The molecule has 1 atom stereocenters. The van der Waals surface area contributed by atoms with E-state index in [0.29, 0.717) is 13.1 Å². The van der Waals surface area contributed by atoms with Crippen LogP contribution < -0.4 is 15.1 Å². The predicted octanol–water partition coefficient (Wildman–Crippen LogP) is -0.173. The van der Waals surface area contributed by atoms with E-state index in [1.165, 1.54) is 20.2 Å². The number of hydrogen-bond acceptors (Lipinski definition) is 3. The zero-order valence-electron chi connectivity index (χ0n) is 17.4. The average Bonchev–Trinajstić information content (AvgIpc) is 3.22. The Hall–Kier alpha value is -2.22. The highest BCUT2D eigenvalue weighted by Gasteiger charge is 2.27. The average molecular weight is 417 g/mol. The quantitative estimate of drug-likeness (QED) is 0.560. The first-order valence-corrected chi connectivity index (χ1v) is 11.2. The van der Waals surface area contributed by atoms with Crippen molar-refractivity contribution in [2.45, 2.75) is 20.4 Å². The van der Waals surface area contributed by atoms with Crippen molar-refractivity contribution in [2.24, 2.45) is 0 Å². The number of carbonyl (C=O) groups excluding carboxylic acids is 2. The van der Waals surface area contributed by atoms with Gasteiger partial charge in [-0.1, -0.05) is 23.8 Å². The van der Waals surface area contributed by atoms with Crippen molar-refractivity contribution in [2.75, 3.05) is 51.1 Å². The monoisotopic (exact) mass is 416 g/mol. The van der Waals surface area contributed by atoms with Crippen molar-refractivity contribution in [1.29, 1.82) is 0 Å². The van der Waals surface area contributed by atoms with Gasteiger partial charge in [0.2, 0.25) is 0 Å². The van der Waals surface area contributed by atoms with E-state index in [1.54, 1.807) is 11.3 Å². The number of carbonyl (C=O) groups is 2. The summed E-state index contributed by atoms with van der Waals surface area (Å²) in [6.07, 6.45) is 0. The first kappa shape index (κ1) is 21.5. The number of amides is 2. The van der Waals surface area contributed by atoms with Crippen molar-refractivity contribution in [3.8, 4) is 0 Å².